The fourth-order valence-corrected chi connectivity index (χ4v) is 5.43. The first-order valence-electron chi connectivity index (χ1n) is 9.56. The number of halogens is 2. The maximum absolute atomic E-state index is 13.8. The van der Waals surface area contributed by atoms with Crippen LogP contribution in [0.2, 0.25) is 5.02 Å². The van der Waals surface area contributed by atoms with Crippen LogP contribution in [0.1, 0.15) is 11.3 Å². The van der Waals surface area contributed by atoms with Crippen LogP contribution in [0.15, 0.2) is 71.6 Å². The highest BCUT2D eigenvalue weighted by atomic mass is 35.5. The highest BCUT2D eigenvalue weighted by Crippen LogP contribution is 2.31. The fourth-order valence-electron chi connectivity index (χ4n) is 3.66. The number of carbonyl (C=O) groups is 1. The molecule has 2 N–H and O–H groups in total. The van der Waals surface area contributed by atoms with Gasteiger partial charge in [0.1, 0.15) is 5.82 Å². The van der Waals surface area contributed by atoms with Crippen LogP contribution in [-0.4, -0.2) is 23.5 Å². The van der Waals surface area contributed by atoms with E-state index >= 15 is 0 Å². The van der Waals surface area contributed by atoms with Crippen molar-refractivity contribution in [2.45, 2.75) is 18.2 Å². The Bertz CT molecular complexity index is 1450. The van der Waals surface area contributed by atoms with Crippen molar-refractivity contribution in [3.63, 3.8) is 0 Å². The summed E-state index contributed by atoms with van der Waals surface area (Å²) in [5.74, 6) is -1.71. The van der Waals surface area contributed by atoms with Crippen LogP contribution in [0.4, 0.5) is 15.8 Å². The molecule has 4 aromatic rings. The van der Waals surface area contributed by atoms with Gasteiger partial charge in [-0.25, -0.2) is 16.8 Å². The van der Waals surface area contributed by atoms with Crippen molar-refractivity contribution >= 4 is 49.9 Å². The van der Waals surface area contributed by atoms with E-state index in [0.29, 0.717) is 10.7 Å². The zero-order chi connectivity index (χ0) is 23.0. The number of anilines is 2. The van der Waals surface area contributed by atoms with Crippen molar-refractivity contribution < 1.29 is 22.7 Å². The average Bonchev–Trinajstić information content (AvgIpc) is 2.99. The normalized spacial score (nSPS) is 11.6. The number of nitrogens with zero attached hydrogens (tertiary/aromatic N) is 1. The largest absolute Gasteiger partial charge is 0.481 e. The van der Waals surface area contributed by atoms with Gasteiger partial charge in [0.05, 0.1) is 16.8 Å². The van der Waals surface area contributed by atoms with Gasteiger partial charge in [0, 0.05) is 27.5 Å². The quantitative estimate of drug-likeness (QED) is 0.395. The van der Waals surface area contributed by atoms with Crippen LogP contribution in [0.5, 0.6) is 0 Å². The predicted octanol–water partition coefficient (Wildman–Crippen LogP) is 5.35. The number of hydrogen-bond acceptors (Lipinski definition) is 4. The van der Waals surface area contributed by atoms with Gasteiger partial charge in [0.25, 0.3) is 10.0 Å². The number of carboxylic acids is 1. The summed E-state index contributed by atoms with van der Waals surface area (Å²) in [4.78, 5) is 11.3. The lowest BCUT2D eigenvalue weighted by atomic mass is 10.1. The van der Waals surface area contributed by atoms with Crippen LogP contribution in [0, 0.1) is 12.7 Å². The summed E-state index contributed by atoms with van der Waals surface area (Å²) in [6, 6.07) is 16.9. The zero-order valence-corrected chi connectivity index (χ0v) is 18.4. The first-order valence-corrected chi connectivity index (χ1v) is 11.4. The fraction of sp³-hybridized carbons (Fsp3) is 0.0870. The minimum atomic E-state index is -4.07. The second-order valence-electron chi connectivity index (χ2n) is 7.23. The van der Waals surface area contributed by atoms with Gasteiger partial charge < -0.3 is 10.4 Å². The molecule has 9 heteroatoms. The van der Waals surface area contributed by atoms with Gasteiger partial charge in [0.2, 0.25) is 0 Å². The van der Waals surface area contributed by atoms with Gasteiger partial charge in [-0.2, -0.15) is 0 Å². The molecule has 0 unspecified atom stereocenters. The minimum absolute atomic E-state index is 0.0142. The Hall–Kier alpha value is -3.36. The molecular weight excluding hydrogens is 455 g/mol. The highest BCUT2D eigenvalue weighted by Gasteiger charge is 2.26. The molecule has 0 aliphatic rings. The third-order valence-electron chi connectivity index (χ3n) is 5.08. The third-order valence-corrected chi connectivity index (χ3v) is 7.13. The number of fused-ring (bicyclic) bond motifs is 1. The Morgan fingerprint density at radius 2 is 1.78 bits per heavy atom. The highest BCUT2D eigenvalue weighted by molar-refractivity contribution is 7.90. The lowest BCUT2D eigenvalue weighted by Crippen LogP contribution is -2.15. The molecule has 0 aliphatic heterocycles. The van der Waals surface area contributed by atoms with Crippen LogP contribution < -0.4 is 5.32 Å². The minimum Gasteiger partial charge on any atom is -0.481 e. The third kappa shape index (κ3) is 4.06. The van der Waals surface area contributed by atoms with Gasteiger partial charge >= 0.3 is 5.97 Å². The molecule has 0 aliphatic carbocycles. The zero-order valence-electron chi connectivity index (χ0n) is 16.8. The first kappa shape index (κ1) is 21.9. The molecule has 3 aromatic carbocycles. The number of nitrogens with one attached hydrogen (secondary N) is 1. The first-order chi connectivity index (χ1) is 15.2. The molecule has 164 valence electrons. The maximum Gasteiger partial charge on any atom is 0.307 e. The molecular formula is C23H18ClFN2O4S. The van der Waals surface area contributed by atoms with E-state index < -0.39 is 28.2 Å². The molecule has 0 atom stereocenters. The molecule has 0 spiro atoms. The van der Waals surface area contributed by atoms with Crippen molar-refractivity contribution in [1.82, 2.24) is 3.97 Å². The van der Waals surface area contributed by atoms with Crippen molar-refractivity contribution in [2.75, 3.05) is 5.32 Å². The SMILES string of the molecule is Cc1c(CC(=O)O)c2cc(F)ccc2n1S(=O)(=O)c1ccc(Nc2cccc(Cl)c2)cc1. The predicted molar refractivity (Wildman–Crippen MR) is 122 cm³/mol. The van der Waals surface area contributed by atoms with E-state index in [1.807, 2.05) is 6.07 Å². The molecule has 4 rings (SSSR count). The van der Waals surface area contributed by atoms with Crippen LogP contribution in [0.3, 0.4) is 0 Å². The van der Waals surface area contributed by atoms with Gasteiger partial charge in [-0.15, -0.1) is 0 Å². The summed E-state index contributed by atoms with van der Waals surface area (Å²) in [6.07, 6.45) is -0.420. The van der Waals surface area contributed by atoms with Crippen LogP contribution >= 0.6 is 11.6 Å². The van der Waals surface area contributed by atoms with E-state index in [1.165, 1.54) is 25.1 Å². The van der Waals surface area contributed by atoms with Crippen molar-refractivity contribution in [3.8, 4) is 0 Å². The van der Waals surface area contributed by atoms with Crippen molar-refractivity contribution in [2.24, 2.45) is 0 Å². The Kier molecular flexibility index (Phi) is 5.66. The van der Waals surface area contributed by atoms with Gasteiger partial charge in [-0.1, -0.05) is 17.7 Å². The molecule has 32 heavy (non-hydrogen) atoms. The monoisotopic (exact) mass is 472 g/mol. The maximum atomic E-state index is 13.8. The number of hydrogen-bond donors (Lipinski definition) is 2. The lowest BCUT2D eigenvalue weighted by molar-refractivity contribution is -0.136. The summed E-state index contributed by atoms with van der Waals surface area (Å²) < 4.78 is 41.8. The van der Waals surface area contributed by atoms with Crippen molar-refractivity contribution in [1.29, 1.82) is 0 Å². The Morgan fingerprint density at radius 3 is 2.44 bits per heavy atom. The second-order valence-corrected chi connectivity index (χ2v) is 9.45. The molecule has 1 aromatic heterocycles. The molecule has 0 radical (unpaired) electrons. The summed E-state index contributed by atoms with van der Waals surface area (Å²) in [5.41, 5.74) is 2.12. The molecule has 6 nitrogen and oxygen atoms in total. The molecule has 1 heterocycles. The number of aromatic nitrogens is 1. The molecule has 0 saturated heterocycles. The summed E-state index contributed by atoms with van der Waals surface area (Å²) >= 11 is 5.99. The average molecular weight is 473 g/mol. The number of carboxylic acid groups (broad SMARTS) is 1. The van der Waals surface area contributed by atoms with E-state index in [4.69, 9.17) is 11.6 Å². The van der Waals surface area contributed by atoms with E-state index in [-0.39, 0.29) is 27.1 Å². The Balaban J connectivity index is 1.76. The Labute approximate surface area is 188 Å². The Morgan fingerprint density at radius 1 is 1.06 bits per heavy atom. The molecule has 0 amide bonds. The summed E-state index contributed by atoms with van der Waals surface area (Å²) in [7, 11) is -4.07. The van der Waals surface area contributed by atoms with E-state index in [1.54, 1.807) is 30.3 Å². The number of rotatable bonds is 6. The molecule has 0 bridgehead atoms. The summed E-state index contributed by atoms with van der Waals surface area (Å²) in [6.45, 7) is 1.52. The van der Waals surface area contributed by atoms with E-state index in [0.717, 1.165) is 21.8 Å². The molecule has 0 saturated carbocycles. The van der Waals surface area contributed by atoms with Gasteiger partial charge in [-0.3, -0.25) is 4.79 Å². The standard InChI is InChI=1S/C23H18ClFN2O4S/c1-14-20(13-23(28)29)21-12-16(25)5-10-22(21)27(14)32(30,31)19-8-6-17(7-9-19)26-18-4-2-3-15(24)11-18/h2-12,26H,13H2,1H3,(H,28,29). The van der Waals surface area contributed by atoms with Gasteiger partial charge in [0.15, 0.2) is 0 Å². The molecule has 0 fully saturated rings. The topological polar surface area (TPSA) is 88.4 Å². The number of aliphatic carboxylic acids is 1. The van der Waals surface area contributed by atoms with E-state index in [2.05, 4.69) is 5.32 Å². The van der Waals surface area contributed by atoms with Crippen LogP contribution in [-0.2, 0) is 21.2 Å². The second kappa shape index (κ2) is 8.29. The van der Waals surface area contributed by atoms with Gasteiger partial charge in [-0.05, 0) is 73.2 Å². The summed E-state index contributed by atoms with van der Waals surface area (Å²) in [5, 5.41) is 13.2. The lowest BCUT2D eigenvalue weighted by Gasteiger charge is -2.12. The smallest absolute Gasteiger partial charge is 0.307 e. The van der Waals surface area contributed by atoms with Crippen LogP contribution in [0.25, 0.3) is 10.9 Å². The number of benzene rings is 3. The van der Waals surface area contributed by atoms with E-state index in [9.17, 15) is 22.7 Å². The van der Waals surface area contributed by atoms with Crippen molar-refractivity contribution in [3.05, 3.63) is 88.8 Å².